The van der Waals surface area contributed by atoms with Crippen molar-refractivity contribution in [2.45, 2.75) is 18.2 Å². The number of halogens is 1. The summed E-state index contributed by atoms with van der Waals surface area (Å²) in [6.45, 7) is 2.60. The van der Waals surface area contributed by atoms with Crippen molar-refractivity contribution in [1.82, 2.24) is 10.2 Å². The number of H-pyrrole nitrogens is 1. The lowest BCUT2D eigenvalue weighted by atomic mass is 10.4. The van der Waals surface area contributed by atoms with E-state index in [0.29, 0.717) is 25.4 Å². The van der Waals surface area contributed by atoms with Gasteiger partial charge in [-0.1, -0.05) is 15.9 Å². The van der Waals surface area contributed by atoms with E-state index in [2.05, 4.69) is 26.1 Å². The maximum atomic E-state index is 11.6. The number of nitrogens with zero attached hydrogens (tertiary/aromatic N) is 2. The van der Waals surface area contributed by atoms with Crippen LogP contribution in [0.3, 0.4) is 0 Å². The number of alkyl halides is 1. The van der Waals surface area contributed by atoms with Gasteiger partial charge in [0, 0.05) is 23.9 Å². The van der Waals surface area contributed by atoms with E-state index in [0.717, 1.165) is 0 Å². The first-order chi connectivity index (χ1) is 8.11. The fourth-order valence-corrected chi connectivity index (χ4v) is 2.21. The van der Waals surface area contributed by atoms with E-state index in [1.807, 2.05) is 0 Å². The van der Waals surface area contributed by atoms with E-state index in [1.165, 1.54) is 6.07 Å². The first-order valence-electron chi connectivity index (χ1n) is 5.28. The Balaban J connectivity index is 2.13. The second-order valence-electron chi connectivity index (χ2n) is 3.67. The van der Waals surface area contributed by atoms with E-state index in [1.54, 1.807) is 11.8 Å². The molecular formula is C10H12BrN3O3. The highest BCUT2D eigenvalue weighted by atomic mass is 79.9. The molecule has 1 saturated heterocycles. The number of carbonyl (C=O) groups is 2. The van der Waals surface area contributed by atoms with Crippen LogP contribution in [-0.4, -0.2) is 40.1 Å². The van der Waals surface area contributed by atoms with Crippen LogP contribution in [-0.2, 0) is 9.53 Å². The third kappa shape index (κ3) is 2.49. The number of hydrogen-bond acceptors (Lipinski definition) is 4. The van der Waals surface area contributed by atoms with Gasteiger partial charge in [-0.05, 0) is 6.92 Å². The highest BCUT2D eigenvalue weighted by Gasteiger charge is 2.30. The first kappa shape index (κ1) is 12.1. The van der Waals surface area contributed by atoms with Crippen LogP contribution < -0.4 is 4.90 Å². The Bertz CT molecular complexity index is 446. The largest absolute Gasteiger partial charge is 0.461 e. The molecule has 92 valence electrons. The van der Waals surface area contributed by atoms with Gasteiger partial charge in [0.2, 0.25) is 5.91 Å². The second-order valence-corrected chi connectivity index (χ2v) is 4.96. The Morgan fingerprint density at radius 3 is 3.12 bits per heavy atom. The van der Waals surface area contributed by atoms with E-state index >= 15 is 0 Å². The Morgan fingerprint density at radius 2 is 2.53 bits per heavy atom. The zero-order valence-corrected chi connectivity index (χ0v) is 10.9. The summed E-state index contributed by atoms with van der Waals surface area (Å²) in [5.41, 5.74) is 0.257. The summed E-state index contributed by atoms with van der Waals surface area (Å²) in [4.78, 5) is 24.7. The molecule has 1 aromatic heterocycles. The normalized spacial score (nSPS) is 19.8. The molecule has 1 atom stereocenters. The zero-order chi connectivity index (χ0) is 12.4. The number of rotatable bonds is 3. The van der Waals surface area contributed by atoms with E-state index < -0.39 is 5.97 Å². The molecule has 1 unspecified atom stereocenters. The molecule has 1 aliphatic heterocycles. The summed E-state index contributed by atoms with van der Waals surface area (Å²) < 4.78 is 4.83. The SMILES string of the molecule is CCOC(=O)c1cc(N2CC(Br)CC2=O)n[nH]1. The average Bonchev–Trinajstić information content (AvgIpc) is 2.85. The fourth-order valence-electron chi connectivity index (χ4n) is 1.65. The van der Waals surface area contributed by atoms with Crippen molar-refractivity contribution in [3.8, 4) is 0 Å². The second kappa shape index (κ2) is 4.87. The molecule has 7 heteroatoms. The number of ether oxygens (including phenoxy) is 1. The summed E-state index contributed by atoms with van der Waals surface area (Å²) in [6.07, 6.45) is 0.446. The molecule has 1 aromatic rings. The molecule has 0 aliphatic carbocycles. The summed E-state index contributed by atoms with van der Waals surface area (Å²) in [5, 5.41) is 6.51. The molecule has 2 heterocycles. The van der Waals surface area contributed by atoms with Gasteiger partial charge in [0.1, 0.15) is 5.69 Å². The summed E-state index contributed by atoms with van der Waals surface area (Å²) in [7, 11) is 0. The maximum absolute atomic E-state index is 11.6. The molecule has 17 heavy (non-hydrogen) atoms. The van der Waals surface area contributed by atoms with Gasteiger partial charge < -0.3 is 4.74 Å². The van der Waals surface area contributed by atoms with Crippen LogP contribution in [0.1, 0.15) is 23.8 Å². The Labute approximate surface area is 106 Å². The molecule has 2 rings (SSSR count). The van der Waals surface area contributed by atoms with Gasteiger partial charge in [-0.15, -0.1) is 0 Å². The number of amides is 1. The van der Waals surface area contributed by atoms with Crippen molar-refractivity contribution < 1.29 is 14.3 Å². The van der Waals surface area contributed by atoms with Crippen LogP contribution in [0.4, 0.5) is 5.82 Å². The Morgan fingerprint density at radius 1 is 1.76 bits per heavy atom. The lowest BCUT2D eigenvalue weighted by Gasteiger charge is -2.10. The number of nitrogens with one attached hydrogen (secondary N) is 1. The summed E-state index contributed by atoms with van der Waals surface area (Å²) >= 11 is 3.38. The lowest BCUT2D eigenvalue weighted by Crippen LogP contribution is -2.24. The molecule has 0 saturated carbocycles. The van der Waals surface area contributed by atoms with Gasteiger partial charge in [-0.25, -0.2) is 4.79 Å². The standard InChI is InChI=1S/C10H12BrN3O3/c1-2-17-10(16)7-4-8(13-12-7)14-5-6(11)3-9(14)15/h4,6H,2-3,5H2,1H3,(H,12,13). The van der Waals surface area contributed by atoms with Gasteiger partial charge in [-0.3, -0.25) is 14.8 Å². The van der Waals surface area contributed by atoms with Gasteiger partial charge >= 0.3 is 5.97 Å². The smallest absolute Gasteiger partial charge is 0.356 e. The van der Waals surface area contributed by atoms with Crippen molar-refractivity contribution >= 4 is 33.6 Å². The molecule has 1 aliphatic rings. The van der Waals surface area contributed by atoms with Crippen molar-refractivity contribution in [3.05, 3.63) is 11.8 Å². The van der Waals surface area contributed by atoms with E-state index in [4.69, 9.17) is 4.74 Å². The van der Waals surface area contributed by atoms with Crippen LogP contribution in [0.15, 0.2) is 6.07 Å². The summed E-state index contributed by atoms with van der Waals surface area (Å²) in [5.74, 6) is -0.0120. The van der Waals surface area contributed by atoms with Crippen molar-refractivity contribution in [2.75, 3.05) is 18.1 Å². The third-order valence-electron chi connectivity index (χ3n) is 2.41. The highest BCUT2D eigenvalue weighted by Crippen LogP contribution is 2.24. The number of anilines is 1. The molecule has 1 N–H and O–H groups in total. The molecule has 1 amide bonds. The molecule has 6 nitrogen and oxygen atoms in total. The summed E-state index contributed by atoms with van der Waals surface area (Å²) in [6, 6.07) is 1.53. The molecule has 1 fully saturated rings. The number of aromatic amines is 1. The van der Waals surface area contributed by atoms with Crippen molar-refractivity contribution in [3.63, 3.8) is 0 Å². The van der Waals surface area contributed by atoms with Crippen LogP contribution in [0.2, 0.25) is 0 Å². The van der Waals surface area contributed by atoms with Gasteiger partial charge in [-0.2, -0.15) is 5.10 Å². The third-order valence-corrected chi connectivity index (χ3v) is 3.03. The maximum Gasteiger partial charge on any atom is 0.356 e. The van der Waals surface area contributed by atoms with Crippen LogP contribution in [0.5, 0.6) is 0 Å². The van der Waals surface area contributed by atoms with Gasteiger partial charge in [0.25, 0.3) is 0 Å². The van der Waals surface area contributed by atoms with Crippen LogP contribution >= 0.6 is 15.9 Å². The quantitative estimate of drug-likeness (QED) is 0.670. The predicted molar refractivity (Wildman–Crippen MR) is 64.2 cm³/mol. The van der Waals surface area contributed by atoms with E-state index in [-0.39, 0.29) is 16.4 Å². The van der Waals surface area contributed by atoms with Gasteiger partial charge in [0.05, 0.1) is 6.61 Å². The monoisotopic (exact) mass is 301 g/mol. The fraction of sp³-hybridized carbons (Fsp3) is 0.500. The minimum atomic E-state index is -0.465. The first-order valence-corrected chi connectivity index (χ1v) is 6.20. The predicted octanol–water partition coefficient (Wildman–Crippen LogP) is 1.09. The Kier molecular flexibility index (Phi) is 3.46. The van der Waals surface area contributed by atoms with E-state index in [9.17, 15) is 9.59 Å². The van der Waals surface area contributed by atoms with Crippen LogP contribution in [0, 0.1) is 0 Å². The number of carbonyl (C=O) groups excluding carboxylic acids is 2. The average molecular weight is 302 g/mol. The van der Waals surface area contributed by atoms with Crippen molar-refractivity contribution in [2.24, 2.45) is 0 Å². The molecule has 0 spiro atoms. The van der Waals surface area contributed by atoms with Gasteiger partial charge in [0.15, 0.2) is 5.82 Å². The van der Waals surface area contributed by atoms with Crippen LogP contribution in [0.25, 0.3) is 0 Å². The highest BCUT2D eigenvalue weighted by molar-refractivity contribution is 9.09. The Hall–Kier alpha value is -1.37. The topological polar surface area (TPSA) is 75.3 Å². The minimum Gasteiger partial charge on any atom is -0.461 e. The number of aromatic nitrogens is 2. The number of esters is 1. The lowest BCUT2D eigenvalue weighted by molar-refractivity contribution is -0.117. The van der Waals surface area contributed by atoms with Crippen molar-refractivity contribution in [1.29, 1.82) is 0 Å². The zero-order valence-electron chi connectivity index (χ0n) is 9.27. The molecule has 0 aromatic carbocycles. The molecule has 0 radical (unpaired) electrons. The minimum absolute atomic E-state index is 0.00576. The number of hydrogen-bond donors (Lipinski definition) is 1. The molecular weight excluding hydrogens is 290 g/mol. The molecule has 0 bridgehead atoms.